The van der Waals surface area contributed by atoms with Crippen LogP contribution in [0.5, 0.6) is 57.5 Å². The highest BCUT2D eigenvalue weighted by Gasteiger charge is 2.23. The maximum atomic E-state index is 13.2. The third-order valence-corrected chi connectivity index (χ3v) is 10.2. The Labute approximate surface area is 393 Å². The van der Waals surface area contributed by atoms with Gasteiger partial charge in [-0.15, -0.1) is 0 Å². The summed E-state index contributed by atoms with van der Waals surface area (Å²) in [6.07, 6.45) is -0.348. The van der Waals surface area contributed by atoms with Gasteiger partial charge in [-0.2, -0.15) is 0 Å². The van der Waals surface area contributed by atoms with E-state index in [9.17, 15) is 19.2 Å². The maximum absolute atomic E-state index is 13.2. The molecule has 2 atom stereocenters. The van der Waals surface area contributed by atoms with Crippen molar-refractivity contribution in [2.45, 2.75) is 26.1 Å². The van der Waals surface area contributed by atoms with Crippen LogP contribution >= 0.6 is 0 Å². The van der Waals surface area contributed by atoms with Gasteiger partial charge in [-0.3, -0.25) is 0 Å². The first-order valence-corrected chi connectivity index (χ1v) is 21.0. The van der Waals surface area contributed by atoms with Gasteiger partial charge in [0.2, 0.25) is 0 Å². The van der Waals surface area contributed by atoms with E-state index in [0.29, 0.717) is 34.5 Å². The molecule has 6 aromatic rings. The molecule has 0 saturated heterocycles. The van der Waals surface area contributed by atoms with Crippen LogP contribution in [0.3, 0.4) is 0 Å². The Balaban J connectivity index is 0.997. The van der Waals surface area contributed by atoms with Crippen LogP contribution in [0.25, 0.3) is 11.1 Å². The van der Waals surface area contributed by atoms with Crippen molar-refractivity contribution in [3.05, 3.63) is 144 Å². The standard InChI is InChI=1S/C52H50O16/c1-31(57-3)29-63-47-27-43(59-5)41(25-45(47)61-7)51(55)67-39-21-13-35(14-22-39)49(53)65-37-17-9-33(10-18-37)34-11-19-38(20-12-34)66-50(54)36-15-23-40(24-16-36)68-52(56)42-26-46(62-8)48(28-44(42)60-6)64-30-32(2)58-4/h9-28,31-32H,29-30H2,1-8H3. The third kappa shape index (κ3) is 12.6. The molecule has 0 heterocycles. The summed E-state index contributed by atoms with van der Waals surface area (Å²) in [5.41, 5.74) is 2.29. The topological polar surface area (TPSA) is 179 Å². The highest BCUT2D eigenvalue weighted by Crippen LogP contribution is 2.37. The first-order chi connectivity index (χ1) is 32.9. The van der Waals surface area contributed by atoms with E-state index in [-0.39, 0.29) is 70.7 Å². The van der Waals surface area contributed by atoms with E-state index in [2.05, 4.69) is 0 Å². The first-order valence-electron chi connectivity index (χ1n) is 21.0. The van der Waals surface area contributed by atoms with Crippen LogP contribution in [0, 0.1) is 0 Å². The molecule has 0 aromatic heterocycles. The van der Waals surface area contributed by atoms with Gasteiger partial charge in [0.15, 0.2) is 23.0 Å². The number of hydrogen-bond acceptors (Lipinski definition) is 16. The monoisotopic (exact) mass is 930 g/mol. The van der Waals surface area contributed by atoms with Gasteiger partial charge in [-0.1, -0.05) is 24.3 Å². The summed E-state index contributed by atoms with van der Waals surface area (Å²) >= 11 is 0. The average Bonchev–Trinajstić information content (AvgIpc) is 3.37. The molecule has 2 unspecified atom stereocenters. The predicted molar refractivity (Wildman–Crippen MR) is 248 cm³/mol. The van der Waals surface area contributed by atoms with Crippen LogP contribution in [0.15, 0.2) is 121 Å². The van der Waals surface area contributed by atoms with Crippen molar-refractivity contribution in [1.82, 2.24) is 0 Å². The Morgan fingerprint density at radius 2 is 0.662 bits per heavy atom. The summed E-state index contributed by atoms with van der Waals surface area (Å²) in [4.78, 5) is 52.3. The molecular formula is C52H50O16. The molecule has 0 amide bonds. The summed E-state index contributed by atoms with van der Waals surface area (Å²) in [6, 6.07) is 31.5. The second-order valence-electron chi connectivity index (χ2n) is 14.8. The number of carbonyl (C=O) groups excluding carboxylic acids is 4. The van der Waals surface area contributed by atoms with E-state index in [4.69, 9.17) is 56.8 Å². The number of ether oxygens (including phenoxy) is 12. The number of hydrogen-bond donors (Lipinski definition) is 0. The Kier molecular flexibility index (Phi) is 17.0. The Hall–Kier alpha value is -8.08. The molecule has 0 bridgehead atoms. The van der Waals surface area contributed by atoms with Crippen molar-refractivity contribution >= 4 is 23.9 Å². The lowest BCUT2D eigenvalue weighted by molar-refractivity contribution is 0.0698. The normalized spacial score (nSPS) is 11.6. The van der Waals surface area contributed by atoms with Crippen LogP contribution in [0.2, 0.25) is 0 Å². The molecule has 6 rings (SSSR count). The Bertz CT molecular complexity index is 2490. The molecular weight excluding hydrogens is 881 g/mol. The highest BCUT2D eigenvalue weighted by molar-refractivity contribution is 5.96. The van der Waals surface area contributed by atoms with E-state index < -0.39 is 23.9 Å². The summed E-state index contributed by atoms with van der Waals surface area (Å²) in [5.74, 6) is 0.0870. The average molecular weight is 931 g/mol. The molecule has 6 aromatic carbocycles. The summed E-state index contributed by atoms with van der Waals surface area (Å²) in [7, 11) is 8.89. The quantitative estimate of drug-likeness (QED) is 0.0492. The van der Waals surface area contributed by atoms with Gasteiger partial charge in [0.25, 0.3) is 0 Å². The molecule has 68 heavy (non-hydrogen) atoms. The van der Waals surface area contributed by atoms with Crippen molar-refractivity contribution in [1.29, 1.82) is 0 Å². The van der Waals surface area contributed by atoms with Crippen molar-refractivity contribution in [3.8, 4) is 68.6 Å². The van der Waals surface area contributed by atoms with E-state index >= 15 is 0 Å². The van der Waals surface area contributed by atoms with Crippen LogP contribution in [-0.2, 0) is 9.47 Å². The SMILES string of the molecule is COc1cc(C(=O)Oc2ccc(C(=O)Oc3ccc(-c4ccc(OC(=O)c5ccc(OC(=O)c6cc(OC)c(OCC(C)OC)cc6OC)cc5)cc4)cc3)cc2)c(OC)cc1OCC(C)OC. The van der Waals surface area contributed by atoms with Crippen molar-refractivity contribution in [2.24, 2.45) is 0 Å². The Morgan fingerprint density at radius 1 is 0.368 bits per heavy atom. The fourth-order valence-electron chi connectivity index (χ4n) is 6.24. The number of esters is 4. The molecule has 0 saturated carbocycles. The predicted octanol–water partition coefficient (Wildman–Crippen LogP) is 9.09. The van der Waals surface area contributed by atoms with Crippen LogP contribution in [-0.4, -0.2) is 92.0 Å². The zero-order valence-electron chi connectivity index (χ0n) is 38.6. The van der Waals surface area contributed by atoms with Gasteiger partial charge in [-0.05, 0) is 97.8 Å². The zero-order valence-corrected chi connectivity index (χ0v) is 38.6. The number of carbonyl (C=O) groups is 4. The first kappa shape index (κ1) is 49.4. The molecule has 0 spiro atoms. The smallest absolute Gasteiger partial charge is 0.347 e. The van der Waals surface area contributed by atoms with Gasteiger partial charge in [0.05, 0.1) is 51.8 Å². The van der Waals surface area contributed by atoms with Crippen molar-refractivity contribution in [2.75, 3.05) is 55.9 Å². The van der Waals surface area contributed by atoms with Gasteiger partial charge in [0.1, 0.15) is 58.8 Å². The lowest BCUT2D eigenvalue weighted by Crippen LogP contribution is -2.17. The third-order valence-electron chi connectivity index (χ3n) is 10.2. The van der Waals surface area contributed by atoms with Crippen LogP contribution in [0.4, 0.5) is 0 Å². The molecule has 354 valence electrons. The summed E-state index contributed by atoms with van der Waals surface area (Å²) in [6.45, 7) is 4.20. The van der Waals surface area contributed by atoms with Crippen molar-refractivity contribution < 1.29 is 76.0 Å². The van der Waals surface area contributed by atoms with Gasteiger partial charge in [0, 0.05) is 38.5 Å². The zero-order chi connectivity index (χ0) is 48.7. The minimum absolute atomic E-state index is 0.105. The molecule has 0 fully saturated rings. The lowest BCUT2D eigenvalue weighted by atomic mass is 10.1. The van der Waals surface area contributed by atoms with Crippen LogP contribution in [0.1, 0.15) is 55.3 Å². The minimum Gasteiger partial charge on any atom is -0.496 e. The fourth-order valence-corrected chi connectivity index (χ4v) is 6.24. The van der Waals surface area contributed by atoms with Gasteiger partial charge >= 0.3 is 23.9 Å². The van der Waals surface area contributed by atoms with Crippen molar-refractivity contribution in [3.63, 3.8) is 0 Å². The van der Waals surface area contributed by atoms with E-state index in [1.165, 1.54) is 101 Å². The summed E-state index contributed by atoms with van der Waals surface area (Å²) in [5, 5.41) is 0. The molecule has 0 radical (unpaired) electrons. The van der Waals surface area contributed by atoms with E-state index in [0.717, 1.165) is 11.1 Å². The molecule has 0 aliphatic rings. The number of methoxy groups -OCH3 is 6. The number of benzene rings is 6. The molecule has 0 aliphatic carbocycles. The second kappa shape index (κ2) is 23.4. The molecule has 16 nitrogen and oxygen atoms in total. The molecule has 16 heteroatoms. The minimum atomic E-state index is -0.712. The van der Waals surface area contributed by atoms with E-state index in [1.807, 2.05) is 13.8 Å². The Morgan fingerprint density at radius 3 is 0.956 bits per heavy atom. The maximum Gasteiger partial charge on any atom is 0.347 e. The van der Waals surface area contributed by atoms with Gasteiger partial charge in [-0.25, -0.2) is 19.2 Å². The highest BCUT2D eigenvalue weighted by atomic mass is 16.6. The lowest BCUT2D eigenvalue weighted by Gasteiger charge is -2.17. The number of rotatable bonds is 21. The summed E-state index contributed by atoms with van der Waals surface area (Å²) < 4.78 is 66.0. The fraction of sp³-hybridized carbons (Fsp3) is 0.231. The van der Waals surface area contributed by atoms with Gasteiger partial charge < -0.3 is 56.8 Å². The largest absolute Gasteiger partial charge is 0.496 e. The molecule has 0 aliphatic heterocycles. The molecule has 0 N–H and O–H groups in total. The van der Waals surface area contributed by atoms with E-state index in [1.54, 1.807) is 62.8 Å². The van der Waals surface area contributed by atoms with Crippen LogP contribution < -0.4 is 47.4 Å². The second-order valence-corrected chi connectivity index (χ2v) is 14.8.